The molecule has 3 rings (SSSR count). The Morgan fingerprint density at radius 1 is 1.11 bits per heavy atom. The van der Waals surface area contributed by atoms with Crippen molar-refractivity contribution in [2.24, 2.45) is 10.7 Å². The predicted molar refractivity (Wildman–Crippen MR) is 78.9 cm³/mol. The number of guanidine groups is 1. The molecule has 1 aromatic rings. The number of hydrogen-bond acceptors (Lipinski definition) is 3. The summed E-state index contributed by atoms with van der Waals surface area (Å²) in [6, 6.07) is 8.37. The molecule has 0 aromatic heterocycles. The second-order valence-electron chi connectivity index (χ2n) is 5.27. The molecule has 0 saturated heterocycles. The summed E-state index contributed by atoms with van der Waals surface area (Å²) < 4.78 is 1.10. The Bertz CT molecular complexity index is 460. The van der Waals surface area contributed by atoms with Gasteiger partial charge >= 0.3 is 0 Å². The molecular weight excluding hydrogens is 290 g/mol. The van der Waals surface area contributed by atoms with Gasteiger partial charge in [0.15, 0.2) is 5.96 Å². The van der Waals surface area contributed by atoms with Crippen LogP contribution in [0.4, 0.5) is 5.69 Å². The standard InChI is InChI=1S/C14H18BrN3/c15-11-4-6-12(7-5-11)18-13(16)17-10-14(18)8-2-1-3-9-14/h4-7H,1-3,8-10H2,(H2,16,17). The number of aliphatic imine (C=N–C) groups is 1. The largest absolute Gasteiger partial charge is 0.369 e. The van der Waals surface area contributed by atoms with Crippen molar-refractivity contribution in [1.29, 1.82) is 0 Å². The number of hydrogen-bond donors (Lipinski definition) is 1. The summed E-state index contributed by atoms with van der Waals surface area (Å²) in [5, 5.41) is 0. The van der Waals surface area contributed by atoms with Gasteiger partial charge < -0.3 is 10.6 Å². The fourth-order valence-corrected chi connectivity index (χ4v) is 3.46. The van der Waals surface area contributed by atoms with Crippen molar-refractivity contribution in [1.82, 2.24) is 0 Å². The molecule has 96 valence electrons. The molecular formula is C14H18BrN3. The summed E-state index contributed by atoms with van der Waals surface area (Å²) in [6.45, 7) is 0.856. The van der Waals surface area contributed by atoms with Crippen LogP contribution in [0.25, 0.3) is 0 Å². The van der Waals surface area contributed by atoms with E-state index in [1.54, 1.807) is 0 Å². The Balaban J connectivity index is 1.96. The Kier molecular flexibility index (Phi) is 3.06. The molecule has 0 radical (unpaired) electrons. The number of benzene rings is 1. The topological polar surface area (TPSA) is 41.6 Å². The zero-order valence-electron chi connectivity index (χ0n) is 10.4. The van der Waals surface area contributed by atoms with Gasteiger partial charge in [0.25, 0.3) is 0 Å². The van der Waals surface area contributed by atoms with E-state index in [-0.39, 0.29) is 5.54 Å². The van der Waals surface area contributed by atoms with Crippen LogP contribution in [0, 0.1) is 0 Å². The lowest BCUT2D eigenvalue weighted by Crippen LogP contribution is -2.53. The van der Waals surface area contributed by atoms with E-state index in [0.29, 0.717) is 5.96 Å². The minimum Gasteiger partial charge on any atom is -0.369 e. The zero-order valence-corrected chi connectivity index (χ0v) is 12.0. The van der Waals surface area contributed by atoms with Gasteiger partial charge in [-0.25, -0.2) is 0 Å². The third kappa shape index (κ3) is 1.92. The minimum atomic E-state index is 0.149. The second-order valence-corrected chi connectivity index (χ2v) is 6.19. The summed E-state index contributed by atoms with van der Waals surface area (Å²) in [5.74, 6) is 0.680. The molecule has 0 bridgehead atoms. The van der Waals surface area contributed by atoms with Gasteiger partial charge in [0.2, 0.25) is 0 Å². The lowest BCUT2D eigenvalue weighted by Gasteiger charge is -2.42. The maximum Gasteiger partial charge on any atom is 0.196 e. The molecule has 4 heteroatoms. The molecule has 1 heterocycles. The number of halogens is 1. The zero-order chi connectivity index (χ0) is 12.6. The van der Waals surface area contributed by atoms with Gasteiger partial charge in [-0.2, -0.15) is 0 Å². The van der Waals surface area contributed by atoms with Crippen molar-refractivity contribution in [3.63, 3.8) is 0 Å². The third-order valence-corrected chi connectivity index (χ3v) is 4.64. The number of nitrogens with zero attached hydrogens (tertiary/aromatic N) is 2. The fraction of sp³-hybridized carbons (Fsp3) is 0.500. The van der Waals surface area contributed by atoms with E-state index in [9.17, 15) is 0 Å². The Hall–Kier alpha value is -1.03. The highest BCUT2D eigenvalue weighted by Gasteiger charge is 2.43. The summed E-state index contributed by atoms with van der Waals surface area (Å²) in [7, 11) is 0. The minimum absolute atomic E-state index is 0.149. The molecule has 0 unspecified atom stereocenters. The summed E-state index contributed by atoms with van der Waals surface area (Å²) in [4.78, 5) is 6.76. The lowest BCUT2D eigenvalue weighted by molar-refractivity contribution is 0.317. The van der Waals surface area contributed by atoms with Gasteiger partial charge in [-0.3, -0.25) is 4.99 Å². The van der Waals surface area contributed by atoms with Gasteiger partial charge in [0, 0.05) is 10.2 Å². The van der Waals surface area contributed by atoms with Gasteiger partial charge in [0.05, 0.1) is 12.1 Å². The summed E-state index contributed by atoms with van der Waals surface area (Å²) in [6.07, 6.45) is 6.32. The van der Waals surface area contributed by atoms with Crippen LogP contribution in [-0.4, -0.2) is 18.0 Å². The van der Waals surface area contributed by atoms with Crippen LogP contribution in [0.15, 0.2) is 33.7 Å². The van der Waals surface area contributed by atoms with Crippen LogP contribution in [0.5, 0.6) is 0 Å². The number of rotatable bonds is 1. The highest BCUT2D eigenvalue weighted by molar-refractivity contribution is 9.10. The van der Waals surface area contributed by atoms with Crippen LogP contribution in [0.1, 0.15) is 32.1 Å². The smallest absolute Gasteiger partial charge is 0.196 e. The third-order valence-electron chi connectivity index (χ3n) is 4.11. The van der Waals surface area contributed by atoms with E-state index >= 15 is 0 Å². The molecule has 1 aliphatic heterocycles. The molecule has 0 amide bonds. The average Bonchev–Trinajstić information content (AvgIpc) is 2.69. The van der Waals surface area contributed by atoms with Gasteiger partial charge in [-0.1, -0.05) is 35.2 Å². The van der Waals surface area contributed by atoms with Gasteiger partial charge in [0.1, 0.15) is 0 Å². The summed E-state index contributed by atoms with van der Waals surface area (Å²) >= 11 is 3.48. The molecule has 1 fully saturated rings. The Morgan fingerprint density at radius 2 is 1.78 bits per heavy atom. The van der Waals surface area contributed by atoms with Crippen LogP contribution in [0.3, 0.4) is 0 Å². The lowest BCUT2D eigenvalue weighted by atomic mass is 9.80. The van der Waals surface area contributed by atoms with E-state index in [1.807, 2.05) is 0 Å². The first-order valence-electron chi connectivity index (χ1n) is 6.57. The molecule has 1 saturated carbocycles. The van der Waals surface area contributed by atoms with E-state index in [0.717, 1.165) is 11.0 Å². The first-order chi connectivity index (χ1) is 8.71. The molecule has 2 aliphatic rings. The number of anilines is 1. The SMILES string of the molecule is NC1=NCC2(CCCCC2)N1c1ccc(Br)cc1. The van der Waals surface area contributed by atoms with Crippen molar-refractivity contribution in [2.75, 3.05) is 11.4 Å². The molecule has 2 N–H and O–H groups in total. The maximum absolute atomic E-state index is 6.12. The van der Waals surface area contributed by atoms with E-state index in [2.05, 4.69) is 50.1 Å². The normalized spacial score (nSPS) is 22.3. The second kappa shape index (κ2) is 4.57. The molecule has 18 heavy (non-hydrogen) atoms. The van der Waals surface area contributed by atoms with Crippen molar-refractivity contribution in [3.8, 4) is 0 Å². The van der Waals surface area contributed by atoms with Gasteiger partial charge in [-0.05, 0) is 37.1 Å². The predicted octanol–water partition coefficient (Wildman–Crippen LogP) is 3.29. The highest BCUT2D eigenvalue weighted by atomic mass is 79.9. The quantitative estimate of drug-likeness (QED) is 0.865. The maximum atomic E-state index is 6.12. The van der Waals surface area contributed by atoms with Crippen molar-refractivity contribution in [2.45, 2.75) is 37.6 Å². The first kappa shape index (κ1) is 12.0. The van der Waals surface area contributed by atoms with E-state index < -0.39 is 0 Å². The van der Waals surface area contributed by atoms with Crippen LogP contribution >= 0.6 is 15.9 Å². The molecule has 1 aromatic carbocycles. The van der Waals surface area contributed by atoms with E-state index in [4.69, 9.17) is 5.73 Å². The first-order valence-corrected chi connectivity index (χ1v) is 7.36. The van der Waals surface area contributed by atoms with E-state index in [1.165, 1.54) is 37.8 Å². The summed E-state index contributed by atoms with van der Waals surface area (Å²) in [5.41, 5.74) is 7.43. The fourth-order valence-electron chi connectivity index (χ4n) is 3.20. The van der Waals surface area contributed by atoms with Gasteiger partial charge in [-0.15, -0.1) is 0 Å². The van der Waals surface area contributed by atoms with Crippen molar-refractivity contribution in [3.05, 3.63) is 28.7 Å². The molecule has 1 aliphatic carbocycles. The molecule has 3 nitrogen and oxygen atoms in total. The average molecular weight is 308 g/mol. The van der Waals surface area contributed by atoms with Crippen molar-refractivity contribution < 1.29 is 0 Å². The van der Waals surface area contributed by atoms with Crippen molar-refractivity contribution >= 4 is 27.6 Å². The highest BCUT2D eigenvalue weighted by Crippen LogP contribution is 2.39. The molecule has 0 atom stereocenters. The number of nitrogens with two attached hydrogens (primary N) is 1. The monoisotopic (exact) mass is 307 g/mol. The van der Waals surface area contributed by atoms with Crippen LogP contribution in [-0.2, 0) is 0 Å². The Labute approximate surface area is 116 Å². The van der Waals surface area contributed by atoms with Crippen LogP contribution < -0.4 is 10.6 Å². The Morgan fingerprint density at radius 3 is 2.44 bits per heavy atom. The van der Waals surface area contributed by atoms with Crippen LogP contribution in [0.2, 0.25) is 0 Å². The molecule has 1 spiro atoms.